The molecule has 0 radical (unpaired) electrons. The van der Waals surface area contributed by atoms with E-state index in [2.05, 4.69) is 13.0 Å². The molecule has 90 valence electrons. The zero-order valence-corrected chi connectivity index (χ0v) is 10.6. The van der Waals surface area contributed by atoms with Crippen LogP contribution in [0.15, 0.2) is 48.5 Å². The van der Waals surface area contributed by atoms with Crippen LogP contribution in [0.1, 0.15) is 34.3 Å². The molecule has 2 aromatic rings. The summed E-state index contributed by atoms with van der Waals surface area (Å²) in [5.41, 5.74) is 4.13. The Morgan fingerprint density at radius 1 is 0.944 bits per heavy atom. The number of anilines is 1. The molecule has 1 aliphatic heterocycles. The van der Waals surface area contributed by atoms with Gasteiger partial charge in [0.05, 0.1) is 0 Å². The number of hydrogen-bond acceptors (Lipinski definition) is 1. The molecule has 1 atom stereocenters. The van der Waals surface area contributed by atoms with Gasteiger partial charge in [-0.1, -0.05) is 43.3 Å². The molecule has 1 unspecified atom stereocenters. The van der Waals surface area contributed by atoms with E-state index in [0.29, 0.717) is 0 Å². The lowest BCUT2D eigenvalue weighted by molar-refractivity contribution is 0.0993. The van der Waals surface area contributed by atoms with Gasteiger partial charge in [-0.15, -0.1) is 0 Å². The number of fused-ring (bicyclic) bond motifs is 2. The van der Waals surface area contributed by atoms with Crippen molar-refractivity contribution in [3.05, 3.63) is 65.2 Å². The molecule has 3 rings (SSSR count). The molecule has 1 heterocycles. The maximum absolute atomic E-state index is 12.5. The van der Waals surface area contributed by atoms with Gasteiger partial charge in [-0.05, 0) is 23.3 Å². The minimum atomic E-state index is 0.0717. The van der Waals surface area contributed by atoms with Gasteiger partial charge in [0.2, 0.25) is 0 Å². The summed E-state index contributed by atoms with van der Waals surface area (Å²) in [5.74, 6) is 0.314. The molecule has 2 heteroatoms. The van der Waals surface area contributed by atoms with E-state index in [1.165, 1.54) is 5.56 Å². The zero-order valence-electron chi connectivity index (χ0n) is 10.6. The number of hydrogen-bond donors (Lipinski definition) is 0. The average molecular weight is 237 g/mol. The minimum absolute atomic E-state index is 0.0717. The number of para-hydroxylation sites is 1. The van der Waals surface area contributed by atoms with Gasteiger partial charge in [0.1, 0.15) is 0 Å². The van der Waals surface area contributed by atoms with Crippen LogP contribution in [-0.4, -0.2) is 13.0 Å². The zero-order chi connectivity index (χ0) is 12.7. The van der Waals surface area contributed by atoms with Crippen LogP contribution >= 0.6 is 0 Å². The Labute approximate surface area is 107 Å². The summed E-state index contributed by atoms with van der Waals surface area (Å²) in [6.45, 7) is 2.16. The first-order chi connectivity index (χ1) is 8.70. The molecule has 0 N–H and O–H groups in total. The summed E-state index contributed by atoms with van der Waals surface area (Å²) in [4.78, 5) is 14.2. The fourth-order valence-electron chi connectivity index (χ4n) is 2.69. The first-order valence-corrected chi connectivity index (χ1v) is 6.16. The SMILES string of the molecule is CC1c2ccccc2C(=O)N(C)c2ccccc21. The highest BCUT2D eigenvalue weighted by Gasteiger charge is 2.27. The van der Waals surface area contributed by atoms with Crippen molar-refractivity contribution in [1.29, 1.82) is 0 Å². The van der Waals surface area contributed by atoms with E-state index < -0.39 is 0 Å². The Balaban J connectivity index is 2.31. The second kappa shape index (κ2) is 3.98. The average Bonchev–Trinajstić information content (AvgIpc) is 2.51. The van der Waals surface area contributed by atoms with Gasteiger partial charge in [0.25, 0.3) is 5.91 Å². The van der Waals surface area contributed by atoms with E-state index in [4.69, 9.17) is 0 Å². The number of rotatable bonds is 0. The van der Waals surface area contributed by atoms with Crippen molar-refractivity contribution in [3.63, 3.8) is 0 Å². The van der Waals surface area contributed by atoms with Crippen LogP contribution in [0.4, 0.5) is 5.69 Å². The quantitative estimate of drug-likeness (QED) is 0.687. The summed E-state index contributed by atoms with van der Waals surface area (Å²) in [5, 5.41) is 0. The van der Waals surface area contributed by atoms with Gasteiger partial charge >= 0.3 is 0 Å². The standard InChI is InChI=1S/C16H15NO/c1-11-12-7-3-4-9-14(12)16(18)17(2)15-10-6-5-8-13(11)15/h3-11H,1-2H3. The van der Waals surface area contributed by atoms with E-state index in [1.54, 1.807) is 4.90 Å². The van der Waals surface area contributed by atoms with E-state index in [9.17, 15) is 4.79 Å². The molecule has 1 amide bonds. The number of carbonyl (C=O) groups is 1. The first-order valence-electron chi connectivity index (χ1n) is 6.16. The maximum atomic E-state index is 12.5. The van der Waals surface area contributed by atoms with Crippen molar-refractivity contribution in [1.82, 2.24) is 0 Å². The molecule has 0 fully saturated rings. The second-order valence-corrected chi connectivity index (χ2v) is 4.73. The lowest BCUT2D eigenvalue weighted by Crippen LogP contribution is -2.25. The van der Waals surface area contributed by atoms with Crippen molar-refractivity contribution in [2.45, 2.75) is 12.8 Å². The highest BCUT2D eigenvalue weighted by molar-refractivity contribution is 6.08. The Morgan fingerprint density at radius 3 is 2.33 bits per heavy atom. The topological polar surface area (TPSA) is 20.3 Å². The Morgan fingerprint density at radius 2 is 1.56 bits per heavy atom. The molecule has 0 bridgehead atoms. The Kier molecular flexibility index (Phi) is 2.44. The van der Waals surface area contributed by atoms with Crippen LogP contribution in [0.5, 0.6) is 0 Å². The van der Waals surface area contributed by atoms with Crippen LogP contribution in [-0.2, 0) is 0 Å². The predicted octanol–water partition coefficient (Wildman–Crippen LogP) is 3.43. The third kappa shape index (κ3) is 1.46. The van der Waals surface area contributed by atoms with E-state index in [1.807, 2.05) is 49.5 Å². The number of carbonyl (C=O) groups excluding carboxylic acids is 1. The largest absolute Gasteiger partial charge is 0.311 e. The minimum Gasteiger partial charge on any atom is -0.311 e. The van der Waals surface area contributed by atoms with Gasteiger partial charge in [0, 0.05) is 24.2 Å². The van der Waals surface area contributed by atoms with Gasteiger partial charge < -0.3 is 4.90 Å². The van der Waals surface area contributed by atoms with Crippen LogP contribution in [0.2, 0.25) is 0 Å². The summed E-state index contributed by atoms with van der Waals surface area (Å²) >= 11 is 0. The Hall–Kier alpha value is -2.09. The lowest BCUT2D eigenvalue weighted by Gasteiger charge is -2.18. The van der Waals surface area contributed by atoms with Crippen molar-refractivity contribution < 1.29 is 4.79 Å². The van der Waals surface area contributed by atoms with Crippen molar-refractivity contribution in [3.8, 4) is 0 Å². The van der Waals surface area contributed by atoms with Crippen LogP contribution < -0.4 is 4.90 Å². The lowest BCUT2D eigenvalue weighted by atomic mass is 9.90. The van der Waals surface area contributed by atoms with Crippen molar-refractivity contribution in [2.75, 3.05) is 11.9 Å². The molecule has 0 saturated heterocycles. The molecular formula is C16H15NO. The molecule has 18 heavy (non-hydrogen) atoms. The molecule has 0 aliphatic carbocycles. The van der Waals surface area contributed by atoms with Crippen LogP contribution in [0.3, 0.4) is 0 Å². The second-order valence-electron chi connectivity index (χ2n) is 4.73. The fourth-order valence-corrected chi connectivity index (χ4v) is 2.69. The smallest absolute Gasteiger partial charge is 0.258 e. The first kappa shape index (κ1) is 11.0. The van der Waals surface area contributed by atoms with E-state index >= 15 is 0 Å². The summed E-state index contributed by atoms with van der Waals surface area (Å²) in [6, 6.07) is 16.0. The molecule has 2 nitrogen and oxygen atoms in total. The van der Waals surface area contributed by atoms with Gasteiger partial charge in [-0.2, -0.15) is 0 Å². The number of nitrogens with zero attached hydrogens (tertiary/aromatic N) is 1. The molecular weight excluding hydrogens is 222 g/mol. The molecule has 0 aromatic heterocycles. The van der Waals surface area contributed by atoms with Gasteiger partial charge in [-0.3, -0.25) is 4.79 Å². The highest BCUT2D eigenvalue weighted by atomic mass is 16.2. The fraction of sp³-hybridized carbons (Fsp3) is 0.188. The normalized spacial score (nSPS) is 18.0. The number of benzene rings is 2. The molecule has 0 spiro atoms. The van der Waals surface area contributed by atoms with Crippen molar-refractivity contribution in [2.24, 2.45) is 0 Å². The molecule has 1 aliphatic rings. The van der Waals surface area contributed by atoms with Crippen molar-refractivity contribution >= 4 is 11.6 Å². The third-order valence-corrected chi connectivity index (χ3v) is 3.73. The monoisotopic (exact) mass is 237 g/mol. The van der Waals surface area contributed by atoms with E-state index in [-0.39, 0.29) is 11.8 Å². The van der Waals surface area contributed by atoms with Crippen LogP contribution in [0.25, 0.3) is 0 Å². The number of amides is 1. The summed E-state index contributed by atoms with van der Waals surface area (Å²) < 4.78 is 0. The molecule has 2 aromatic carbocycles. The van der Waals surface area contributed by atoms with Crippen LogP contribution in [0, 0.1) is 0 Å². The summed E-state index contributed by atoms with van der Waals surface area (Å²) in [7, 11) is 1.84. The maximum Gasteiger partial charge on any atom is 0.258 e. The Bertz CT molecular complexity index is 618. The highest BCUT2D eigenvalue weighted by Crippen LogP contribution is 2.37. The third-order valence-electron chi connectivity index (χ3n) is 3.73. The predicted molar refractivity (Wildman–Crippen MR) is 73.1 cm³/mol. The van der Waals surface area contributed by atoms with Gasteiger partial charge in [-0.25, -0.2) is 0 Å². The van der Waals surface area contributed by atoms with E-state index in [0.717, 1.165) is 16.8 Å². The molecule has 0 saturated carbocycles. The van der Waals surface area contributed by atoms with Gasteiger partial charge in [0.15, 0.2) is 0 Å². The summed E-state index contributed by atoms with van der Waals surface area (Å²) in [6.07, 6.45) is 0.